The van der Waals surface area contributed by atoms with E-state index in [4.69, 9.17) is 4.74 Å². The number of amides is 1. The standard InChI is InChI=1S/C20H25F3N2O3/c1-3-19(27)25(10-11-26)18-12-15(17(28-2)13-24-18)7-4-14-5-8-16(9-6-14)20(21,22)23/h3-4,7,12-14,16,26H,1,5-6,8-11H2,2H3/b7-4+. The zero-order valence-corrected chi connectivity index (χ0v) is 15.8. The molecule has 5 nitrogen and oxygen atoms in total. The van der Waals surface area contributed by atoms with Crippen LogP contribution in [0.1, 0.15) is 31.2 Å². The molecule has 1 heterocycles. The normalized spacial score (nSPS) is 20.2. The van der Waals surface area contributed by atoms with Crippen LogP contribution in [0.2, 0.25) is 0 Å². The van der Waals surface area contributed by atoms with Crippen LogP contribution in [-0.4, -0.2) is 42.4 Å². The van der Waals surface area contributed by atoms with Gasteiger partial charge in [0.1, 0.15) is 11.6 Å². The third-order valence-electron chi connectivity index (χ3n) is 4.93. The van der Waals surface area contributed by atoms with Gasteiger partial charge in [0.15, 0.2) is 0 Å². The van der Waals surface area contributed by atoms with E-state index in [-0.39, 0.29) is 31.9 Å². The number of nitrogens with zero attached hydrogens (tertiary/aromatic N) is 2. The predicted molar refractivity (Wildman–Crippen MR) is 101 cm³/mol. The number of pyridine rings is 1. The van der Waals surface area contributed by atoms with Crippen molar-refractivity contribution < 1.29 is 27.8 Å². The third kappa shape index (κ3) is 5.58. The Balaban J connectivity index is 2.17. The molecule has 8 heteroatoms. The molecule has 0 bridgehead atoms. The molecule has 0 unspecified atom stereocenters. The fraction of sp³-hybridized carbons (Fsp3) is 0.500. The molecular weight excluding hydrogens is 373 g/mol. The molecule has 154 valence electrons. The second kappa shape index (κ2) is 9.73. The molecular formula is C20H25F3N2O3. The largest absolute Gasteiger partial charge is 0.495 e. The number of carbonyl (C=O) groups is 1. The molecule has 1 amide bonds. The number of anilines is 1. The Morgan fingerprint density at radius 1 is 1.39 bits per heavy atom. The summed E-state index contributed by atoms with van der Waals surface area (Å²) in [5.74, 6) is -0.731. The Labute approximate surface area is 162 Å². The van der Waals surface area contributed by atoms with Crippen LogP contribution >= 0.6 is 0 Å². The van der Waals surface area contributed by atoms with E-state index in [0.717, 1.165) is 6.08 Å². The van der Waals surface area contributed by atoms with Crippen molar-refractivity contribution in [2.24, 2.45) is 11.8 Å². The molecule has 1 N–H and O–H groups in total. The summed E-state index contributed by atoms with van der Waals surface area (Å²) in [5, 5.41) is 9.19. The lowest BCUT2D eigenvalue weighted by molar-refractivity contribution is -0.183. The van der Waals surface area contributed by atoms with Crippen LogP contribution in [0, 0.1) is 11.8 Å². The van der Waals surface area contributed by atoms with Gasteiger partial charge in [-0.25, -0.2) is 4.98 Å². The van der Waals surface area contributed by atoms with E-state index in [1.807, 2.05) is 6.08 Å². The lowest BCUT2D eigenvalue weighted by Crippen LogP contribution is -2.32. The second-order valence-corrected chi connectivity index (χ2v) is 6.71. The second-order valence-electron chi connectivity index (χ2n) is 6.71. The van der Waals surface area contributed by atoms with E-state index in [0.29, 0.717) is 30.0 Å². The summed E-state index contributed by atoms with van der Waals surface area (Å²) in [6.07, 6.45) is 3.39. The lowest BCUT2D eigenvalue weighted by Gasteiger charge is -2.28. The fourth-order valence-electron chi connectivity index (χ4n) is 3.32. The van der Waals surface area contributed by atoms with E-state index in [1.165, 1.54) is 18.2 Å². The van der Waals surface area contributed by atoms with Gasteiger partial charge in [-0.05, 0) is 43.7 Å². The minimum atomic E-state index is -4.12. The van der Waals surface area contributed by atoms with Gasteiger partial charge in [0, 0.05) is 5.56 Å². The molecule has 28 heavy (non-hydrogen) atoms. The Morgan fingerprint density at radius 2 is 2.07 bits per heavy atom. The van der Waals surface area contributed by atoms with Crippen LogP contribution < -0.4 is 9.64 Å². The van der Waals surface area contributed by atoms with E-state index >= 15 is 0 Å². The van der Waals surface area contributed by atoms with Crippen molar-refractivity contribution in [1.82, 2.24) is 4.98 Å². The summed E-state index contributed by atoms with van der Waals surface area (Å²) >= 11 is 0. The van der Waals surface area contributed by atoms with Crippen molar-refractivity contribution in [1.29, 1.82) is 0 Å². The van der Waals surface area contributed by atoms with Gasteiger partial charge in [0.05, 0.1) is 32.4 Å². The number of hydrogen-bond acceptors (Lipinski definition) is 4. The maximum Gasteiger partial charge on any atom is 0.391 e. The van der Waals surface area contributed by atoms with Gasteiger partial charge in [0.2, 0.25) is 0 Å². The number of aromatic nitrogens is 1. The summed E-state index contributed by atoms with van der Waals surface area (Å²) in [4.78, 5) is 17.5. The summed E-state index contributed by atoms with van der Waals surface area (Å²) in [6.45, 7) is 3.28. The van der Waals surface area contributed by atoms with E-state index in [1.54, 1.807) is 12.1 Å². The number of ether oxygens (including phenoxy) is 1. The fourth-order valence-corrected chi connectivity index (χ4v) is 3.32. The van der Waals surface area contributed by atoms with Crippen LogP contribution in [0.5, 0.6) is 5.75 Å². The maximum atomic E-state index is 12.8. The number of carbonyl (C=O) groups excluding carboxylic acids is 1. The van der Waals surface area contributed by atoms with Crippen molar-refractivity contribution >= 4 is 17.8 Å². The molecule has 1 aliphatic carbocycles. The van der Waals surface area contributed by atoms with Crippen molar-refractivity contribution in [3.05, 3.63) is 36.6 Å². The Bertz CT molecular complexity index is 711. The lowest BCUT2D eigenvalue weighted by atomic mass is 9.81. The average molecular weight is 398 g/mol. The topological polar surface area (TPSA) is 62.7 Å². The number of allylic oxidation sites excluding steroid dienone is 1. The first-order valence-electron chi connectivity index (χ1n) is 9.13. The smallest absolute Gasteiger partial charge is 0.391 e. The Hall–Kier alpha value is -2.35. The molecule has 1 fully saturated rings. The highest BCUT2D eigenvalue weighted by Gasteiger charge is 2.40. The molecule has 1 aromatic rings. The maximum absolute atomic E-state index is 12.8. The number of aliphatic hydroxyl groups excluding tert-OH is 1. The summed E-state index contributed by atoms with van der Waals surface area (Å²) in [7, 11) is 1.49. The highest BCUT2D eigenvalue weighted by Crippen LogP contribution is 2.40. The summed E-state index contributed by atoms with van der Waals surface area (Å²) < 4.78 is 43.7. The first-order valence-corrected chi connectivity index (χ1v) is 9.13. The zero-order valence-electron chi connectivity index (χ0n) is 15.8. The van der Waals surface area contributed by atoms with Crippen LogP contribution in [-0.2, 0) is 4.79 Å². The highest BCUT2D eigenvalue weighted by molar-refractivity contribution is 6.00. The average Bonchev–Trinajstić information content (AvgIpc) is 2.69. The number of methoxy groups -OCH3 is 1. The number of aliphatic hydroxyl groups is 1. The van der Waals surface area contributed by atoms with Gasteiger partial charge in [-0.3, -0.25) is 9.69 Å². The number of hydrogen-bond donors (Lipinski definition) is 1. The molecule has 0 atom stereocenters. The zero-order chi connectivity index (χ0) is 20.7. The van der Waals surface area contributed by atoms with Crippen molar-refractivity contribution in [3.63, 3.8) is 0 Å². The number of alkyl halides is 3. The number of rotatable bonds is 7. The first kappa shape index (κ1) is 21.9. The Morgan fingerprint density at radius 3 is 2.61 bits per heavy atom. The van der Waals surface area contributed by atoms with Crippen LogP contribution in [0.15, 0.2) is 31.0 Å². The molecule has 0 radical (unpaired) electrons. The monoisotopic (exact) mass is 398 g/mol. The highest BCUT2D eigenvalue weighted by atomic mass is 19.4. The summed E-state index contributed by atoms with van der Waals surface area (Å²) in [6, 6.07) is 1.65. The molecule has 1 saturated carbocycles. The van der Waals surface area contributed by atoms with E-state index in [9.17, 15) is 23.1 Å². The van der Waals surface area contributed by atoms with Crippen molar-refractivity contribution in [2.75, 3.05) is 25.2 Å². The van der Waals surface area contributed by atoms with Crippen LogP contribution in [0.3, 0.4) is 0 Å². The molecule has 1 aliphatic rings. The van der Waals surface area contributed by atoms with Gasteiger partial charge in [-0.15, -0.1) is 0 Å². The molecule has 0 spiro atoms. The molecule has 2 rings (SSSR count). The molecule has 0 saturated heterocycles. The van der Waals surface area contributed by atoms with Gasteiger partial charge in [-0.1, -0.05) is 18.7 Å². The molecule has 0 aromatic carbocycles. The quantitative estimate of drug-likeness (QED) is 0.706. The van der Waals surface area contributed by atoms with E-state index in [2.05, 4.69) is 11.6 Å². The number of halogens is 3. The first-order chi connectivity index (χ1) is 13.3. The van der Waals surface area contributed by atoms with E-state index < -0.39 is 18.0 Å². The minimum absolute atomic E-state index is 0.0586. The van der Waals surface area contributed by atoms with Crippen LogP contribution in [0.4, 0.5) is 19.0 Å². The Kier molecular flexibility index (Phi) is 7.62. The SMILES string of the molecule is C=CC(=O)N(CCO)c1cc(/C=C/C2CCC(C(F)(F)F)CC2)c(OC)cn1. The molecule has 1 aromatic heterocycles. The third-order valence-corrected chi connectivity index (χ3v) is 4.93. The van der Waals surface area contributed by atoms with Gasteiger partial charge in [0.25, 0.3) is 5.91 Å². The summed E-state index contributed by atoms with van der Waals surface area (Å²) in [5.41, 5.74) is 0.658. The van der Waals surface area contributed by atoms with Gasteiger partial charge < -0.3 is 9.84 Å². The minimum Gasteiger partial charge on any atom is -0.495 e. The van der Waals surface area contributed by atoms with Crippen molar-refractivity contribution in [2.45, 2.75) is 31.9 Å². The van der Waals surface area contributed by atoms with Crippen molar-refractivity contribution in [3.8, 4) is 5.75 Å². The van der Waals surface area contributed by atoms with Crippen LogP contribution in [0.25, 0.3) is 6.08 Å². The predicted octanol–water partition coefficient (Wildman–Crippen LogP) is 3.98. The van der Waals surface area contributed by atoms with Gasteiger partial charge in [-0.2, -0.15) is 13.2 Å². The molecule has 0 aliphatic heterocycles. The van der Waals surface area contributed by atoms with Gasteiger partial charge >= 0.3 is 6.18 Å².